The third-order valence-corrected chi connectivity index (χ3v) is 3.69. The maximum Gasteiger partial charge on any atom is 0.227 e. The van der Waals surface area contributed by atoms with Gasteiger partial charge in [-0.05, 0) is 37.1 Å². The lowest BCUT2D eigenvalue weighted by Gasteiger charge is -2.14. The normalized spacial score (nSPS) is 17.2. The molecular weight excluding hydrogens is 276 g/mol. The molecule has 0 aromatic heterocycles. The van der Waals surface area contributed by atoms with E-state index < -0.39 is 0 Å². The van der Waals surface area contributed by atoms with Gasteiger partial charge in [0.05, 0.1) is 23.9 Å². The van der Waals surface area contributed by atoms with Crippen LogP contribution in [0.4, 0.5) is 17.1 Å². The third kappa shape index (κ3) is 3.86. The Morgan fingerprint density at radius 3 is 2.50 bits per heavy atom. The van der Waals surface area contributed by atoms with E-state index in [0.717, 1.165) is 36.5 Å². The van der Waals surface area contributed by atoms with Gasteiger partial charge in [0, 0.05) is 12.3 Å². The molecule has 2 N–H and O–H groups in total. The van der Waals surface area contributed by atoms with Gasteiger partial charge in [-0.2, -0.15) is 0 Å². The number of hydrogen-bond acceptors (Lipinski definition) is 3. The number of ether oxygens (including phenoxy) is 1. The van der Waals surface area contributed by atoms with E-state index in [1.54, 1.807) is 0 Å². The standard InChI is InChI=1S/C18H20N2O2/c21-18(13-15-9-6-12-22-15)20-17-11-5-4-10-16(17)19-14-7-2-1-3-8-14/h1-5,7-8,10-11,15,19H,6,9,12-13H2,(H,20,21)/t15-/m1/s1. The van der Waals surface area contributed by atoms with Crippen LogP contribution in [0.15, 0.2) is 54.6 Å². The van der Waals surface area contributed by atoms with E-state index in [1.165, 1.54) is 0 Å². The van der Waals surface area contributed by atoms with Crippen LogP contribution < -0.4 is 10.6 Å². The van der Waals surface area contributed by atoms with Gasteiger partial charge < -0.3 is 15.4 Å². The predicted octanol–water partition coefficient (Wildman–Crippen LogP) is 3.94. The van der Waals surface area contributed by atoms with Crippen LogP contribution in [0.2, 0.25) is 0 Å². The van der Waals surface area contributed by atoms with Crippen molar-refractivity contribution in [2.45, 2.75) is 25.4 Å². The number of rotatable bonds is 5. The minimum Gasteiger partial charge on any atom is -0.378 e. The van der Waals surface area contributed by atoms with Crippen molar-refractivity contribution in [3.63, 3.8) is 0 Å². The van der Waals surface area contributed by atoms with Crippen molar-refractivity contribution in [1.82, 2.24) is 0 Å². The minimum atomic E-state index is -0.00536. The maximum absolute atomic E-state index is 12.2. The lowest BCUT2D eigenvalue weighted by atomic mass is 10.1. The number of amides is 1. The Bertz CT molecular complexity index is 622. The first-order chi connectivity index (χ1) is 10.8. The third-order valence-electron chi connectivity index (χ3n) is 3.69. The van der Waals surface area contributed by atoms with Crippen LogP contribution in [-0.2, 0) is 9.53 Å². The number of carbonyl (C=O) groups is 1. The quantitative estimate of drug-likeness (QED) is 0.878. The molecule has 3 rings (SSSR count). The van der Waals surface area contributed by atoms with Gasteiger partial charge in [-0.3, -0.25) is 4.79 Å². The van der Waals surface area contributed by atoms with E-state index in [1.807, 2.05) is 54.6 Å². The number of nitrogens with one attached hydrogen (secondary N) is 2. The van der Waals surface area contributed by atoms with Crippen molar-refractivity contribution >= 4 is 23.0 Å². The summed E-state index contributed by atoms with van der Waals surface area (Å²) in [5.41, 5.74) is 2.66. The Labute approximate surface area is 130 Å². The highest BCUT2D eigenvalue weighted by Crippen LogP contribution is 2.25. The fourth-order valence-electron chi connectivity index (χ4n) is 2.59. The molecule has 4 nitrogen and oxygen atoms in total. The largest absolute Gasteiger partial charge is 0.378 e. The predicted molar refractivity (Wildman–Crippen MR) is 88.4 cm³/mol. The fraction of sp³-hybridized carbons (Fsp3) is 0.278. The highest BCUT2D eigenvalue weighted by atomic mass is 16.5. The van der Waals surface area contributed by atoms with Crippen molar-refractivity contribution in [3.8, 4) is 0 Å². The maximum atomic E-state index is 12.2. The van der Waals surface area contributed by atoms with Crippen LogP contribution in [0.5, 0.6) is 0 Å². The van der Waals surface area contributed by atoms with Gasteiger partial charge in [-0.25, -0.2) is 0 Å². The highest BCUT2D eigenvalue weighted by Gasteiger charge is 2.19. The van der Waals surface area contributed by atoms with E-state index in [2.05, 4.69) is 10.6 Å². The number of hydrogen-bond donors (Lipinski definition) is 2. The summed E-state index contributed by atoms with van der Waals surface area (Å²) in [7, 11) is 0. The second kappa shape index (κ2) is 7.09. The molecule has 1 heterocycles. The lowest BCUT2D eigenvalue weighted by molar-refractivity contribution is -0.118. The van der Waals surface area contributed by atoms with E-state index >= 15 is 0 Å². The van der Waals surface area contributed by atoms with Crippen LogP contribution >= 0.6 is 0 Å². The zero-order chi connectivity index (χ0) is 15.2. The van der Waals surface area contributed by atoms with Crippen molar-refractivity contribution in [1.29, 1.82) is 0 Å². The molecule has 1 aliphatic rings. The molecular formula is C18H20N2O2. The second-order valence-corrected chi connectivity index (χ2v) is 5.42. The van der Waals surface area contributed by atoms with E-state index in [4.69, 9.17) is 4.74 Å². The number of para-hydroxylation sites is 3. The van der Waals surface area contributed by atoms with Crippen LogP contribution in [0.1, 0.15) is 19.3 Å². The van der Waals surface area contributed by atoms with Crippen LogP contribution in [0.25, 0.3) is 0 Å². The Morgan fingerprint density at radius 2 is 1.77 bits per heavy atom. The molecule has 0 radical (unpaired) electrons. The summed E-state index contributed by atoms with van der Waals surface area (Å²) in [6.07, 6.45) is 2.50. The van der Waals surface area contributed by atoms with Gasteiger partial charge in [0.1, 0.15) is 0 Å². The van der Waals surface area contributed by atoms with Crippen molar-refractivity contribution in [2.75, 3.05) is 17.2 Å². The first kappa shape index (κ1) is 14.6. The summed E-state index contributed by atoms with van der Waals surface area (Å²) < 4.78 is 5.51. The van der Waals surface area contributed by atoms with Gasteiger partial charge in [0.2, 0.25) is 5.91 Å². The Balaban J connectivity index is 1.66. The van der Waals surface area contributed by atoms with Crippen molar-refractivity contribution in [3.05, 3.63) is 54.6 Å². The SMILES string of the molecule is O=C(C[C@H]1CCCO1)Nc1ccccc1Nc1ccccc1. The van der Waals surface area contributed by atoms with E-state index in [9.17, 15) is 4.79 Å². The van der Waals surface area contributed by atoms with Crippen molar-refractivity contribution in [2.24, 2.45) is 0 Å². The zero-order valence-corrected chi connectivity index (χ0v) is 12.4. The molecule has 22 heavy (non-hydrogen) atoms. The highest BCUT2D eigenvalue weighted by molar-refractivity contribution is 5.95. The number of carbonyl (C=O) groups excluding carboxylic acids is 1. The molecule has 114 valence electrons. The molecule has 0 spiro atoms. The molecule has 2 aromatic carbocycles. The topological polar surface area (TPSA) is 50.4 Å². The van der Waals surface area contributed by atoms with Gasteiger partial charge in [-0.15, -0.1) is 0 Å². The molecule has 0 unspecified atom stereocenters. The van der Waals surface area contributed by atoms with E-state index in [0.29, 0.717) is 6.42 Å². The van der Waals surface area contributed by atoms with Crippen LogP contribution in [0, 0.1) is 0 Å². The van der Waals surface area contributed by atoms with E-state index in [-0.39, 0.29) is 12.0 Å². The van der Waals surface area contributed by atoms with Crippen molar-refractivity contribution < 1.29 is 9.53 Å². The lowest BCUT2D eigenvalue weighted by Crippen LogP contribution is -2.19. The average molecular weight is 296 g/mol. The summed E-state index contributed by atoms with van der Waals surface area (Å²) >= 11 is 0. The van der Waals surface area contributed by atoms with Crippen LogP contribution in [0.3, 0.4) is 0 Å². The smallest absolute Gasteiger partial charge is 0.227 e. The summed E-state index contributed by atoms with van der Waals surface area (Å²) in [5, 5.41) is 6.30. The minimum absolute atomic E-state index is 0.00536. The molecule has 4 heteroatoms. The Morgan fingerprint density at radius 1 is 1.05 bits per heavy atom. The molecule has 1 amide bonds. The first-order valence-electron chi connectivity index (χ1n) is 7.64. The molecule has 1 atom stereocenters. The second-order valence-electron chi connectivity index (χ2n) is 5.42. The molecule has 0 bridgehead atoms. The summed E-state index contributed by atoms with van der Waals surface area (Å²) in [5.74, 6) is -0.00536. The Hall–Kier alpha value is -2.33. The molecule has 0 aliphatic carbocycles. The van der Waals surface area contributed by atoms with Crippen LogP contribution in [-0.4, -0.2) is 18.6 Å². The van der Waals surface area contributed by atoms with Gasteiger partial charge in [0.15, 0.2) is 0 Å². The van der Waals surface area contributed by atoms with Gasteiger partial charge in [0.25, 0.3) is 0 Å². The average Bonchev–Trinajstić information content (AvgIpc) is 3.03. The summed E-state index contributed by atoms with van der Waals surface area (Å²) in [6.45, 7) is 0.768. The molecule has 2 aromatic rings. The summed E-state index contributed by atoms with van der Waals surface area (Å²) in [6, 6.07) is 17.6. The molecule has 1 fully saturated rings. The summed E-state index contributed by atoms with van der Waals surface area (Å²) in [4.78, 5) is 12.2. The van der Waals surface area contributed by atoms with Gasteiger partial charge in [-0.1, -0.05) is 30.3 Å². The van der Waals surface area contributed by atoms with Gasteiger partial charge >= 0.3 is 0 Å². The monoisotopic (exact) mass is 296 g/mol. The molecule has 0 saturated carbocycles. The molecule has 1 aliphatic heterocycles. The number of anilines is 3. The first-order valence-corrected chi connectivity index (χ1v) is 7.64. The fourth-order valence-corrected chi connectivity index (χ4v) is 2.59. The Kier molecular flexibility index (Phi) is 4.71. The molecule has 1 saturated heterocycles. The number of benzene rings is 2. The zero-order valence-electron chi connectivity index (χ0n) is 12.4.